The third-order valence-corrected chi connectivity index (χ3v) is 5.37. The maximum absolute atomic E-state index is 12.5. The summed E-state index contributed by atoms with van der Waals surface area (Å²) in [5.41, 5.74) is 3.71. The number of carbonyl (C=O) groups is 1. The van der Waals surface area contributed by atoms with Crippen LogP contribution in [0.2, 0.25) is 0 Å². The van der Waals surface area contributed by atoms with Crippen molar-refractivity contribution >= 4 is 5.91 Å². The van der Waals surface area contributed by atoms with E-state index in [-0.39, 0.29) is 5.91 Å². The topological polar surface area (TPSA) is 41.6 Å². The molecule has 4 heteroatoms. The number of nitrogens with one attached hydrogen (secondary N) is 1. The lowest BCUT2D eigenvalue weighted by Crippen LogP contribution is -2.37. The molecule has 3 rings (SSSR count). The minimum atomic E-state index is -0.470. The average molecular weight is 381 g/mol. The first-order chi connectivity index (χ1) is 13.7. The van der Waals surface area contributed by atoms with Crippen LogP contribution < -0.4 is 10.1 Å². The van der Waals surface area contributed by atoms with Crippen LogP contribution in [-0.2, 0) is 24.3 Å². The van der Waals surface area contributed by atoms with Gasteiger partial charge in [0.1, 0.15) is 5.75 Å². The molecule has 0 spiro atoms. The Morgan fingerprint density at radius 3 is 2.18 bits per heavy atom. The van der Waals surface area contributed by atoms with E-state index in [0.717, 1.165) is 24.3 Å². The lowest BCUT2D eigenvalue weighted by Gasteiger charge is -2.18. The molecule has 1 saturated heterocycles. The Morgan fingerprint density at radius 1 is 0.964 bits per heavy atom. The fraction of sp³-hybridized carbons (Fsp3) is 0.458. The van der Waals surface area contributed by atoms with Crippen molar-refractivity contribution in [3.63, 3.8) is 0 Å². The number of benzene rings is 2. The summed E-state index contributed by atoms with van der Waals surface area (Å²) in [7, 11) is 0. The van der Waals surface area contributed by atoms with Crippen LogP contribution in [-0.4, -0.2) is 30.0 Å². The minimum absolute atomic E-state index is 0.0665. The van der Waals surface area contributed by atoms with E-state index in [1.54, 1.807) is 0 Å². The fourth-order valence-electron chi connectivity index (χ4n) is 3.55. The van der Waals surface area contributed by atoms with Crippen LogP contribution in [0.5, 0.6) is 5.75 Å². The zero-order valence-electron chi connectivity index (χ0n) is 17.1. The van der Waals surface area contributed by atoms with Crippen molar-refractivity contribution in [1.29, 1.82) is 0 Å². The zero-order chi connectivity index (χ0) is 19.8. The summed E-state index contributed by atoms with van der Waals surface area (Å²) in [4.78, 5) is 15.0. The van der Waals surface area contributed by atoms with Crippen molar-refractivity contribution in [2.24, 2.45) is 0 Å². The lowest BCUT2D eigenvalue weighted by molar-refractivity contribution is -0.128. The van der Waals surface area contributed by atoms with Gasteiger partial charge in [-0.05, 0) is 67.6 Å². The highest BCUT2D eigenvalue weighted by Gasteiger charge is 2.18. The van der Waals surface area contributed by atoms with Crippen LogP contribution in [0.4, 0.5) is 0 Å². The molecule has 2 aromatic carbocycles. The molecule has 0 bridgehead atoms. The molecule has 1 aliphatic rings. The van der Waals surface area contributed by atoms with Gasteiger partial charge in [0.2, 0.25) is 0 Å². The van der Waals surface area contributed by atoms with E-state index in [0.29, 0.717) is 13.0 Å². The Hall–Kier alpha value is -2.33. The molecule has 0 aliphatic carbocycles. The summed E-state index contributed by atoms with van der Waals surface area (Å²) in [6.45, 7) is 8.05. The number of carbonyl (C=O) groups excluding carboxylic acids is 1. The molecule has 0 saturated carbocycles. The van der Waals surface area contributed by atoms with Crippen LogP contribution in [0, 0.1) is 0 Å². The fourth-order valence-corrected chi connectivity index (χ4v) is 3.55. The number of amides is 1. The standard InChI is InChI=1S/C24H32N2O2/c1-3-19-11-13-22(14-12-19)28-23(4-2)24(27)25-17-20-7-9-21(10-8-20)18-26-15-5-6-16-26/h7-14,23H,3-6,15-18H2,1-2H3,(H,25,27). The summed E-state index contributed by atoms with van der Waals surface area (Å²) < 4.78 is 5.89. The predicted molar refractivity (Wildman–Crippen MR) is 113 cm³/mol. The first kappa shape index (κ1) is 20.4. The Balaban J connectivity index is 1.48. The Kier molecular flexibility index (Phi) is 7.49. The molecular weight excluding hydrogens is 348 g/mol. The van der Waals surface area contributed by atoms with Crippen LogP contribution >= 0.6 is 0 Å². The van der Waals surface area contributed by atoms with E-state index < -0.39 is 6.10 Å². The Morgan fingerprint density at radius 2 is 1.57 bits per heavy atom. The quantitative estimate of drug-likeness (QED) is 0.704. The number of nitrogens with zero attached hydrogens (tertiary/aromatic N) is 1. The van der Waals surface area contributed by atoms with Gasteiger partial charge in [-0.2, -0.15) is 0 Å². The first-order valence-electron chi connectivity index (χ1n) is 10.5. The van der Waals surface area contributed by atoms with E-state index in [2.05, 4.69) is 41.4 Å². The smallest absolute Gasteiger partial charge is 0.261 e. The summed E-state index contributed by atoms with van der Waals surface area (Å²) >= 11 is 0. The van der Waals surface area contributed by atoms with Crippen molar-refractivity contribution < 1.29 is 9.53 Å². The first-order valence-corrected chi connectivity index (χ1v) is 10.5. The highest BCUT2D eigenvalue weighted by Crippen LogP contribution is 2.16. The maximum Gasteiger partial charge on any atom is 0.261 e. The van der Waals surface area contributed by atoms with Crippen LogP contribution in [0.25, 0.3) is 0 Å². The molecule has 1 atom stereocenters. The summed E-state index contributed by atoms with van der Waals surface area (Å²) in [5, 5.41) is 3.01. The molecule has 1 aliphatic heterocycles. The summed E-state index contributed by atoms with van der Waals surface area (Å²) in [6, 6.07) is 16.5. The van der Waals surface area contributed by atoms with Crippen molar-refractivity contribution in [3.8, 4) is 5.75 Å². The van der Waals surface area contributed by atoms with Crippen LogP contribution in [0.1, 0.15) is 49.8 Å². The molecule has 2 aromatic rings. The second-order valence-corrected chi connectivity index (χ2v) is 7.53. The van der Waals surface area contributed by atoms with E-state index in [9.17, 15) is 4.79 Å². The number of rotatable bonds is 9. The minimum Gasteiger partial charge on any atom is -0.481 e. The van der Waals surface area contributed by atoms with Gasteiger partial charge in [0.15, 0.2) is 6.10 Å². The number of hydrogen-bond acceptors (Lipinski definition) is 3. The van der Waals surface area contributed by atoms with E-state index in [1.165, 1.54) is 37.1 Å². The summed E-state index contributed by atoms with van der Waals surface area (Å²) in [6.07, 6.45) is 3.79. The highest BCUT2D eigenvalue weighted by atomic mass is 16.5. The van der Waals surface area contributed by atoms with Gasteiger partial charge >= 0.3 is 0 Å². The van der Waals surface area contributed by atoms with E-state index in [4.69, 9.17) is 4.74 Å². The number of aryl methyl sites for hydroxylation is 1. The van der Waals surface area contributed by atoms with Crippen molar-refractivity contribution in [2.75, 3.05) is 13.1 Å². The molecule has 1 unspecified atom stereocenters. The number of hydrogen-bond donors (Lipinski definition) is 1. The molecule has 1 fully saturated rings. The van der Waals surface area contributed by atoms with Gasteiger partial charge in [-0.15, -0.1) is 0 Å². The van der Waals surface area contributed by atoms with E-state index in [1.807, 2.05) is 31.2 Å². The van der Waals surface area contributed by atoms with Gasteiger partial charge in [0.05, 0.1) is 0 Å². The Bertz CT molecular complexity index is 734. The molecule has 1 N–H and O–H groups in total. The van der Waals surface area contributed by atoms with Gasteiger partial charge in [0.25, 0.3) is 5.91 Å². The number of ether oxygens (including phenoxy) is 1. The molecule has 1 heterocycles. The van der Waals surface area contributed by atoms with Gasteiger partial charge in [-0.3, -0.25) is 9.69 Å². The van der Waals surface area contributed by atoms with Crippen molar-refractivity contribution in [2.45, 2.75) is 58.7 Å². The molecule has 28 heavy (non-hydrogen) atoms. The maximum atomic E-state index is 12.5. The Labute approximate surface area is 168 Å². The third kappa shape index (κ3) is 5.83. The number of likely N-dealkylation sites (tertiary alicyclic amines) is 1. The van der Waals surface area contributed by atoms with E-state index >= 15 is 0 Å². The van der Waals surface area contributed by atoms with Crippen molar-refractivity contribution in [3.05, 3.63) is 65.2 Å². The van der Waals surface area contributed by atoms with Gasteiger partial charge in [-0.1, -0.05) is 50.2 Å². The predicted octanol–water partition coefficient (Wildman–Crippen LogP) is 4.32. The van der Waals surface area contributed by atoms with Crippen LogP contribution in [0.15, 0.2) is 48.5 Å². The second kappa shape index (κ2) is 10.3. The van der Waals surface area contributed by atoms with Crippen molar-refractivity contribution in [1.82, 2.24) is 10.2 Å². The van der Waals surface area contributed by atoms with Gasteiger partial charge < -0.3 is 10.1 Å². The van der Waals surface area contributed by atoms with Gasteiger partial charge in [-0.25, -0.2) is 0 Å². The average Bonchev–Trinajstić information content (AvgIpc) is 3.24. The SMILES string of the molecule is CCc1ccc(OC(CC)C(=O)NCc2ccc(CN3CCCC3)cc2)cc1. The molecule has 0 radical (unpaired) electrons. The molecule has 150 valence electrons. The second-order valence-electron chi connectivity index (χ2n) is 7.53. The van der Waals surface area contributed by atoms with Gasteiger partial charge in [0, 0.05) is 13.1 Å². The molecular formula is C24H32N2O2. The molecule has 4 nitrogen and oxygen atoms in total. The largest absolute Gasteiger partial charge is 0.481 e. The third-order valence-electron chi connectivity index (χ3n) is 5.37. The highest BCUT2D eigenvalue weighted by molar-refractivity contribution is 5.81. The molecule has 0 aromatic heterocycles. The monoisotopic (exact) mass is 380 g/mol. The lowest BCUT2D eigenvalue weighted by atomic mass is 10.1. The normalized spacial score (nSPS) is 15.4. The summed E-state index contributed by atoms with van der Waals surface area (Å²) in [5.74, 6) is 0.675. The van der Waals surface area contributed by atoms with Crippen LogP contribution in [0.3, 0.4) is 0 Å². The zero-order valence-corrected chi connectivity index (χ0v) is 17.1. The molecule has 1 amide bonds.